The number of nitrogens with zero attached hydrogens (tertiary/aromatic N) is 3. The Hall–Kier alpha value is -2.68. The second-order valence-corrected chi connectivity index (χ2v) is 7.16. The Morgan fingerprint density at radius 3 is 2.85 bits per heavy atom. The topological polar surface area (TPSA) is 113 Å². The van der Waals surface area contributed by atoms with Gasteiger partial charge in [-0.1, -0.05) is 6.07 Å². The average Bonchev–Trinajstić information content (AvgIpc) is 3.16. The van der Waals surface area contributed by atoms with Gasteiger partial charge in [-0.3, -0.25) is 4.79 Å². The van der Waals surface area contributed by atoms with Gasteiger partial charge in [-0.25, -0.2) is 14.8 Å². The Morgan fingerprint density at radius 1 is 1.35 bits per heavy atom. The van der Waals surface area contributed by atoms with Crippen LogP contribution in [0.4, 0.5) is 10.7 Å². The number of hydrogen-bond donors (Lipinski definition) is 3. The third-order valence-corrected chi connectivity index (χ3v) is 5.20. The van der Waals surface area contributed by atoms with E-state index in [-0.39, 0.29) is 18.4 Å². The highest BCUT2D eigenvalue weighted by molar-refractivity contribution is 7.10. The van der Waals surface area contributed by atoms with Crippen LogP contribution < -0.4 is 21.3 Å². The van der Waals surface area contributed by atoms with Crippen LogP contribution in [-0.4, -0.2) is 41.0 Å². The number of carbonyl (C=O) groups is 2. The summed E-state index contributed by atoms with van der Waals surface area (Å²) in [6, 6.07) is 4.52. The minimum atomic E-state index is -0.638. The van der Waals surface area contributed by atoms with E-state index in [0.717, 1.165) is 24.3 Å². The summed E-state index contributed by atoms with van der Waals surface area (Å²) in [6.07, 6.45) is 5.44. The number of nitrogens with two attached hydrogens (primary N) is 1. The van der Waals surface area contributed by atoms with Crippen molar-refractivity contribution in [3.8, 4) is 0 Å². The molecule has 2 aromatic heterocycles. The van der Waals surface area contributed by atoms with Crippen LogP contribution in [0, 0.1) is 0 Å². The molecule has 0 bridgehead atoms. The van der Waals surface area contributed by atoms with Crippen LogP contribution in [0.25, 0.3) is 0 Å². The third-order valence-electron chi connectivity index (χ3n) is 4.21. The Labute approximate surface area is 155 Å². The number of piperidine rings is 1. The van der Waals surface area contributed by atoms with E-state index in [9.17, 15) is 9.59 Å². The Kier molecular flexibility index (Phi) is 6.00. The number of carbonyl (C=O) groups excluding carboxylic acids is 2. The van der Waals surface area contributed by atoms with Gasteiger partial charge in [0.25, 0.3) is 0 Å². The first-order valence-electron chi connectivity index (χ1n) is 8.52. The minimum Gasteiger partial charge on any atom is -0.352 e. The molecule has 0 aliphatic carbocycles. The third kappa shape index (κ3) is 4.92. The van der Waals surface area contributed by atoms with Gasteiger partial charge in [-0.05, 0) is 30.4 Å². The van der Waals surface area contributed by atoms with Crippen molar-refractivity contribution < 1.29 is 9.59 Å². The zero-order valence-corrected chi connectivity index (χ0v) is 15.1. The molecular formula is C17H22N6O2S. The number of amides is 3. The maximum atomic E-state index is 12.5. The van der Waals surface area contributed by atoms with Gasteiger partial charge in [0.1, 0.15) is 0 Å². The molecule has 2 aromatic rings. The van der Waals surface area contributed by atoms with E-state index >= 15 is 0 Å². The smallest absolute Gasteiger partial charge is 0.312 e. The maximum absolute atomic E-state index is 12.5. The average molecular weight is 374 g/mol. The molecule has 1 saturated heterocycles. The molecule has 3 heterocycles. The van der Waals surface area contributed by atoms with Crippen molar-refractivity contribution >= 4 is 29.2 Å². The normalized spacial score (nSPS) is 18.2. The van der Waals surface area contributed by atoms with Crippen molar-refractivity contribution in [2.24, 2.45) is 5.73 Å². The summed E-state index contributed by atoms with van der Waals surface area (Å²) in [4.78, 5) is 35.3. The first kappa shape index (κ1) is 18.1. The molecule has 0 unspecified atom stereocenters. The van der Waals surface area contributed by atoms with E-state index in [1.807, 2.05) is 17.5 Å². The second kappa shape index (κ2) is 8.61. The van der Waals surface area contributed by atoms with Gasteiger partial charge in [0.05, 0.1) is 12.5 Å². The van der Waals surface area contributed by atoms with E-state index in [1.54, 1.807) is 18.5 Å². The summed E-state index contributed by atoms with van der Waals surface area (Å²) >= 11 is 1.48. The summed E-state index contributed by atoms with van der Waals surface area (Å²) in [5.41, 5.74) is 5.24. The van der Waals surface area contributed by atoms with E-state index in [1.165, 1.54) is 11.3 Å². The van der Waals surface area contributed by atoms with E-state index in [0.29, 0.717) is 12.5 Å². The monoisotopic (exact) mass is 374 g/mol. The highest BCUT2D eigenvalue weighted by Gasteiger charge is 2.25. The van der Waals surface area contributed by atoms with Crippen molar-refractivity contribution in [2.75, 3.05) is 18.0 Å². The number of hydrogen-bond acceptors (Lipinski definition) is 6. The lowest BCUT2D eigenvalue weighted by Crippen LogP contribution is -2.49. The number of primary amides is 1. The molecule has 1 aliphatic rings. The molecule has 8 nitrogen and oxygen atoms in total. The molecule has 26 heavy (non-hydrogen) atoms. The minimum absolute atomic E-state index is 0.0256. The van der Waals surface area contributed by atoms with Crippen LogP contribution in [0.3, 0.4) is 0 Å². The van der Waals surface area contributed by atoms with Crippen molar-refractivity contribution in [3.63, 3.8) is 0 Å². The van der Waals surface area contributed by atoms with Crippen molar-refractivity contribution in [3.05, 3.63) is 40.8 Å². The molecule has 3 amide bonds. The highest BCUT2D eigenvalue weighted by atomic mass is 32.1. The zero-order chi connectivity index (χ0) is 18.4. The van der Waals surface area contributed by atoms with Crippen LogP contribution >= 0.6 is 11.3 Å². The molecule has 1 fully saturated rings. The molecule has 1 aliphatic heterocycles. The number of thiophene rings is 1. The van der Waals surface area contributed by atoms with Crippen LogP contribution in [0.2, 0.25) is 0 Å². The molecule has 3 rings (SSSR count). The molecular weight excluding hydrogens is 352 g/mol. The van der Waals surface area contributed by atoms with Gasteiger partial charge < -0.3 is 21.3 Å². The van der Waals surface area contributed by atoms with Crippen LogP contribution in [0.15, 0.2) is 36.0 Å². The summed E-state index contributed by atoms with van der Waals surface area (Å²) < 4.78 is 0. The molecule has 0 spiro atoms. The van der Waals surface area contributed by atoms with Gasteiger partial charge in [-0.2, -0.15) is 0 Å². The highest BCUT2D eigenvalue weighted by Crippen LogP contribution is 2.22. The van der Waals surface area contributed by atoms with Crippen molar-refractivity contribution in [1.82, 2.24) is 20.6 Å². The van der Waals surface area contributed by atoms with E-state index in [4.69, 9.17) is 5.73 Å². The lowest BCUT2D eigenvalue weighted by atomic mass is 10.1. The SMILES string of the molecule is NC(=O)N[C@H](CC(=O)N[C@@H]1CCCN(c2ncccn2)C1)c1cccs1. The van der Waals surface area contributed by atoms with Crippen LogP contribution in [-0.2, 0) is 4.79 Å². The number of anilines is 1. The number of nitrogens with one attached hydrogen (secondary N) is 2. The van der Waals surface area contributed by atoms with Gasteiger partial charge in [0.2, 0.25) is 11.9 Å². The molecule has 0 radical (unpaired) electrons. The van der Waals surface area contributed by atoms with Crippen LogP contribution in [0.1, 0.15) is 30.2 Å². The van der Waals surface area contributed by atoms with Crippen LogP contribution in [0.5, 0.6) is 0 Å². The molecule has 138 valence electrons. The summed E-state index contributed by atoms with van der Waals surface area (Å²) in [6.45, 7) is 1.54. The molecule has 0 saturated carbocycles. The van der Waals surface area contributed by atoms with Gasteiger partial charge >= 0.3 is 6.03 Å². The second-order valence-electron chi connectivity index (χ2n) is 6.18. The standard InChI is InChI=1S/C17H22N6O2S/c18-16(25)22-13(14-5-2-9-26-14)10-15(24)21-12-4-1-8-23(11-12)17-19-6-3-7-20-17/h2-3,5-7,9,12-13H,1,4,8,10-11H2,(H,21,24)(H3,18,22,25)/t12-,13-/m1/s1. The van der Waals surface area contributed by atoms with E-state index < -0.39 is 12.1 Å². The predicted molar refractivity (Wildman–Crippen MR) is 99.8 cm³/mol. The van der Waals surface area contributed by atoms with Gasteiger partial charge in [0, 0.05) is 36.4 Å². The van der Waals surface area contributed by atoms with Gasteiger partial charge in [0.15, 0.2) is 0 Å². The maximum Gasteiger partial charge on any atom is 0.312 e. The lowest BCUT2D eigenvalue weighted by molar-refractivity contribution is -0.122. The lowest BCUT2D eigenvalue weighted by Gasteiger charge is -2.33. The first-order chi connectivity index (χ1) is 12.6. The summed E-state index contributed by atoms with van der Waals surface area (Å²) in [7, 11) is 0. The molecule has 0 aromatic carbocycles. The van der Waals surface area contributed by atoms with E-state index in [2.05, 4.69) is 25.5 Å². The zero-order valence-electron chi connectivity index (χ0n) is 14.3. The fraction of sp³-hybridized carbons (Fsp3) is 0.412. The molecule has 9 heteroatoms. The number of aromatic nitrogens is 2. The summed E-state index contributed by atoms with van der Waals surface area (Å²) in [5.74, 6) is 0.566. The largest absolute Gasteiger partial charge is 0.352 e. The van der Waals surface area contributed by atoms with Crippen molar-refractivity contribution in [2.45, 2.75) is 31.3 Å². The Bertz CT molecular complexity index is 724. The number of rotatable bonds is 6. The quantitative estimate of drug-likeness (QED) is 0.708. The van der Waals surface area contributed by atoms with Crippen molar-refractivity contribution in [1.29, 1.82) is 0 Å². The first-order valence-corrected chi connectivity index (χ1v) is 9.40. The summed E-state index contributed by atoms with van der Waals surface area (Å²) in [5, 5.41) is 7.61. The fourth-order valence-corrected chi connectivity index (χ4v) is 3.87. The molecule has 4 N–H and O–H groups in total. The predicted octanol–water partition coefficient (Wildman–Crippen LogP) is 1.42. The Morgan fingerprint density at radius 2 is 2.15 bits per heavy atom. The van der Waals surface area contributed by atoms with Gasteiger partial charge in [-0.15, -0.1) is 11.3 Å². The molecule has 2 atom stereocenters. The number of urea groups is 1. The Balaban J connectivity index is 1.57. The fourth-order valence-electron chi connectivity index (χ4n) is 3.09.